The van der Waals surface area contributed by atoms with Crippen molar-refractivity contribution in [3.63, 3.8) is 0 Å². The van der Waals surface area contributed by atoms with E-state index >= 15 is 0 Å². The molecule has 0 aliphatic carbocycles. The molecule has 0 N–H and O–H groups in total. The van der Waals surface area contributed by atoms with E-state index in [1.165, 1.54) is 18.4 Å². The molecule has 1 amide bonds. The first-order valence-corrected chi connectivity index (χ1v) is 10.8. The van der Waals surface area contributed by atoms with E-state index in [4.69, 9.17) is 14.2 Å². The Kier molecular flexibility index (Phi) is 5.84. The van der Waals surface area contributed by atoms with E-state index in [0.29, 0.717) is 51.5 Å². The van der Waals surface area contributed by atoms with E-state index in [1.807, 2.05) is 4.90 Å². The van der Waals surface area contributed by atoms with Crippen LogP contribution in [0.1, 0.15) is 25.7 Å². The summed E-state index contributed by atoms with van der Waals surface area (Å²) in [5.41, 5.74) is 0. The number of amides is 1. The van der Waals surface area contributed by atoms with E-state index in [2.05, 4.69) is 0 Å². The van der Waals surface area contributed by atoms with Gasteiger partial charge in [0.1, 0.15) is 5.75 Å². The second-order valence-electron chi connectivity index (χ2n) is 6.68. The Labute approximate surface area is 154 Å². The lowest BCUT2D eigenvalue weighted by atomic mass is 10.0. The number of nitrogens with zero attached hydrogens (tertiary/aromatic N) is 1. The quantitative estimate of drug-likeness (QED) is 0.694. The molecule has 2 aliphatic rings. The molecular formula is C18H25NO6S. The number of ether oxygens (including phenoxy) is 3. The summed E-state index contributed by atoms with van der Waals surface area (Å²) < 4.78 is 39.7. The average Bonchev–Trinajstić information content (AvgIpc) is 3.07. The van der Waals surface area contributed by atoms with E-state index < -0.39 is 15.6 Å². The van der Waals surface area contributed by atoms with Crippen molar-refractivity contribution in [2.45, 2.75) is 36.4 Å². The standard InChI is InChI=1S/C18H25NO6S/c1-26(21,22)16-6-4-15(5-7-16)23-12-2-3-17(20)19-10-8-18(9-11-19)24-13-14-25-18/h4-7H,2-3,8-14H2,1H3. The van der Waals surface area contributed by atoms with Crippen molar-refractivity contribution < 1.29 is 27.4 Å². The lowest BCUT2D eigenvalue weighted by molar-refractivity contribution is -0.187. The molecule has 2 heterocycles. The smallest absolute Gasteiger partial charge is 0.222 e. The van der Waals surface area contributed by atoms with Crippen LogP contribution in [0.3, 0.4) is 0 Å². The van der Waals surface area contributed by atoms with E-state index in [0.717, 1.165) is 12.8 Å². The summed E-state index contributed by atoms with van der Waals surface area (Å²) in [5.74, 6) is 0.257. The van der Waals surface area contributed by atoms with Crippen molar-refractivity contribution in [2.24, 2.45) is 0 Å². The number of piperidine rings is 1. The fourth-order valence-corrected chi connectivity index (χ4v) is 3.87. The van der Waals surface area contributed by atoms with Crippen LogP contribution in [0.25, 0.3) is 0 Å². The van der Waals surface area contributed by atoms with Crippen LogP contribution in [0.15, 0.2) is 29.2 Å². The van der Waals surface area contributed by atoms with Crippen LogP contribution in [0.2, 0.25) is 0 Å². The van der Waals surface area contributed by atoms with Gasteiger partial charge in [-0.15, -0.1) is 0 Å². The van der Waals surface area contributed by atoms with Gasteiger partial charge in [0.2, 0.25) is 5.91 Å². The zero-order valence-electron chi connectivity index (χ0n) is 15.0. The number of hydrogen-bond acceptors (Lipinski definition) is 6. The summed E-state index contributed by atoms with van der Waals surface area (Å²) in [4.78, 5) is 14.4. The first kappa shape index (κ1) is 19.1. The lowest BCUT2D eigenvalue weighted by Gasteiger charge is -2.37. The molecule has 0 saturated carbocycles. The van der Waals surface area contributed by atoms with Crippen molar-refractivity contribution in [3.05, 3.63) is 24.3 Å². The van der Waals surface area contributed by atoms with E-state index in [9.17, 15) is 13.2 Å². The van der Waals surface area contributed by atoms with Crippen molar-refractivity contribution in [1.29, 1.82) is 0 Å². The van der Waals surface area contributed by atoms with Gasteiger partial charge in [0.05, 0.1) is 24.7 Å². The number of carbonyl (C=O) groups is 1. The molecule has 1 spiro atoms. The van der Waals surface area contributed by atoms with Gasteiger partial charge < -0.3 is 19.1 Å². The topological polar surface area (TPSA) is 82.1 Å². The lowest BCUT2D eigenvalue weighted by Crippen LogP contribution is -2.47. The van der Waals surface area contributed by atoms with Crippen molar-refractivity contribution in [2.75, 3.05) is 39.2 Å². The van der Waals surface area contributed by atoms with Crippen LogP contribution in [0.4, 0.5) is 0 Å². The molecular weight excluding hydrogens is 358 g/mol. The van der Waals surface area contributed by atoms with Crippen LogP contribution in [0.5, 0.6) is 5.75 Å². The summed E-state index contributed by atoms with van der Waals surface area (Å²) >= 11 is 0. The Bertz CT molecular complexity index is 715. The second-order valence-corrected chi connectivity index (χ2v) is 8.70. The van der Waals surface area contributed by atoms with Crippen LogP contribution in [-0.4, -0.2) is 64.2 Å². The summed E-state index contributed by atoms with van der Waals surface area (Å²) in [6.45, 7) is 3.00. The van der Waals surface area contributed by atoms with Crippen LogP contribution >= 0.6 is 0 Å². The van der Waals surface area contributed by atoms with Gasteiger partial charge in [0.25, 0.3) is 0 Å². The molecule has 144 valence electrons. The monoisotopic (exact) mass is 383 g/mol. The summed E-state index contributed by atoms with van der Waals surface area (Å²) in [6.07, 6.45) is 3.66. The highest BCUT2D eigenvalue weighted by atomic mass is 32.2. The highest BCUT2D eigenvalue weighted by Gasteiger charge is 2.40. The van der Waals surface area contributed by atoms with Gasteiger partial charge in [-0.3, -0.25) is 4.79 Å². The first-order chi connectivity index (χ1) is 12.4. The summed E-state index contributed by atoms with van der Waals surface area (Å²) in [6, 6.07) is 6.30. The number of rotatable bonds is 6. The Morgan fingerprint density at radius 2 is 1.77 bits per heavy atom. The third-order valence-corrected chi connectivity index (χ3v) is 5.88. The Balaban J connectivity index is 1.36. The number of carbonyl (C=O) groups excluding carboxylic acids is 1. The molecule has 0 unspecified atom stereocenters. The van der Waals surface area contributed by atoms with Gasteiger partial charge in [-0.25, -0.2) is 8.42 Å². The minimum atomic E-state index is -3.20. The molecule has 3 rings (SSSR count). The maximum absolute atomic E-state index is 12.3. The molecule has 0 radical (unpaired) electrons. The molecule has 7 nitrogen and oxygen atoms in total. The molecule has 2 saturated heterocycles. The first-order valence-electron chi connectivity index (χ1n) is 8.87. The minimum absolute atomic E-state index is 0.119. The number of hydrogen-bond donors (Lipinski definition) is 0. The molecule has 0 aromatic heterocycles. The minimum Gasteiger partial charge on any atom is -0.494 e. The van der Waals surface area contributed by atoms with Gasteiger partial charge >= 0.3 is 0 Å². The van der Waals surface area contributed by atoms with Gasteiger partial charge in [-0.1, -0.05) is 0 Å². The molecule has 1 aromatic carbocycles. The Morgan fingerprint density at radius 1 is 1.15 bits per heavy atom. The largest absolute Gasteiger partial charge is 0.494 e. The normalized spacial score (nSPS) is 19.7. The molecule has 0 bridgehead atoms. The maximum atomic E-state index is 12.3. The highest BCUT2D eigenvalue weighted by Crippen LogP contribution is 2.31. The van der Waals surface area contributed by atoms with Gasteiger partial charge in [0.15, 0.2) is 15.6 Å². The molecule has 1 aromatic rings. The molecule has 2 aliphatic heterocycles. The third kappa shape index (κ3) is 4.75. The van der Waals surface area contributed by atoms with Crippen molar-refractivity contribution in [1.82, 2.24) is 4.90 Å². The number of likely N-dealkylation sites (tertiary alicyclic amines) is 1. The Morgan fingerprint density at radius 3 is 2.35 bits per heavy atom. The van der Waals surface area contributed by atoms with Crippen LogP contribution in [0, 0.1) is 0 Å². The Hall–Kier alpha value is -1.64. The van der Waals surface area contributed by atoms with Crippen molar-refractivity contribution in [3.8, 4) is 5.75 Å². The third-order valence-electron chi connectivity index (χ3n) is 4.75. The fraction of sp³-hybridized carbons (Fsp3) is 0.611. The van der Waals surface area contributed by atoms with Crippen LogP contribution < -0.4 is 4.74 Å². The fourth-order valence-electron chi connectivity index (χ4n) is 3.24. The SMILES string of the molecule is CS(=O)(=O)c1ccc(OCCCC(=O)N2CCC3(CC2)OCCO3)cc1. The molecule has 26 heavy (non-hydrogen) atoms. The van der Waals surface area contributed by atoms with Gasteiger partial charge in [-0.2, -0.15) is 0 Å². The zero-order valence-corrected chi connectivity index (χ0v) is 15.8. The average molecular weight is 383 g/mol. The van der Waals surface area contributed by atoms with Gasteiger partial charge in [-0.05, 0) is 30.7 Å². The predicted octanol–water partition coefficient (Wildman–Crippen LogP) is 1.61. The molecule has 2 fully saturated rings. The van der Waals surface area contributed by atoms with E-state index in [1.54, 1.807) is 12.1 Å². The summed E-state index contributed by atoms with van der Waals surface area (Å²) in [7, 11) is -3.20. The predicted molar refractivity (Wildman–Crippen MR) is 94.7 cm³/mol. The molecule has 0 atom stereocenters. The van der Waals surface area contributed by atoms with Crippen LogP contribution in [-0.2, 0) is 24.1 Å². The van der Waals surface area contributed by atoms with E-state index in [-0.39, 0.29) is 10.8 Å². The molecule has 8 heteroatoms. The number of benzene rings is 1. The van der Waals surface area contributed by atoms with Crippen molar-refractivity contribution >= 4 is 15.7 Å². The maximum Gasteiger partial charge on any atom is 0.222 e. The van der Waals surface area contributed by atoms with Gasteiger partial charge in [0, 0.05) is 38.6 Å². The second kappa shape index (κ2) is 7.94. The number of sulfone groups is 1. The zero-order chi connectivity index (χ0) is 18.6. The highest BCUT2D eigenvalue weighted by molar-refractivity contribution is 7.90. The summed E-state index contributed by atoms with van der Waals surface area (Å²) in [5, 5.41) is 0.